The van der Waals surface area contributed by atoms with Gasteiger partial charge in [-0.05, 0) is 48.4 Å². The van der Waals surface area contributed by atoms with E-state index in [0.717, 1.165) is 48.2 Å². The average molecular weight is 434 g/mol. The van der Waals surface area contributed by atoms with E-state index < -0.39 is 0 Å². The zero-order valence-corrected chi connectivity index (χ0v) is 19.9. The molecule has 2 aromatic carbocycles. The fourth-order valence-corrected chi connectivity index (χ4v) is 4.45. The molecule has 172 valence electrons. The molecule has 0 aliphatic carbocycles. The van der Waals surface area contributed by atoms with Crippen molar-refractivity contribution in [3.63, 3.8) is 0 Å². The first-order chi connectivity index (χ1) is 15.7. The molecule has 0 aliphatic heterocycles. The van der Waals surface area contributed by atoms with Crippen LogP contribution in [0.4, 0.5) is 11.4 Å². The number of fused-ring (bicyclic) bond motifs is 1. The third-order valence-electron chi connectivity index (χ3n) is 6.24. The summed E-state index contributed by atoms with van der Waals surface area (Å²) in [4.78, 5) is 13.1. The smallest absolute Gasteiger partial charge is 0.345 e. The molecule has 3 aromatic rings. The highest BCUT2D eigenvalue weighted by atomic mass is 16.4. The lowest BCUT2D eigenvalue weighted by Crippen LogP contribution is -2.09. The Hall–Kier alpha value is -2.55. The van der Waals surface area contributed by atoms with E-state index in [0.29, 0.717) is 5.39 Å². The maximum Gasteiger partial charge on any atom is 0.345 e. The fraction of sp³-hybridized carbons (Fsp3) is 0.483. The van der Waals surface area contributed by atoms with Crippen LogP contribution in [0.1, 0.15) is 89.4 Å². The summed E-state index contributed by atoms with van der Waals surface area (Å²) < 4.78 is 5.99. The summed E-state index contributed by atoms with van der Waals surface area (Å²) in [5, 5.41) is 5.16. The van der Waals surface area contributed by atoms with Gasteiger partial charge in [0.1, 0.15) is 5.76 Å². The predicted octanol–water partition coefficient (Wildman–Crippen LogP) is 8.56. The van der Waals surface area contributed by atoms with Gasteiger partial charge in [-0.15, -0.1) is 0 Å². The van der Waals surface area contributed by atoms with Crippen molar-refractivity contribution in [3.05, 3.63) is 70.3 Å². The Balaban J connectivity index is 1.90. The van der Waals surface area contributed by atoms with Gasteiger partial charge < -0.3 is 9.73 Å². The van der Waals surface area contributed by atoms with Crippen LogP contribution >= 0.6 is 0 Å². The van der Waals surface area contributed by atoms with Gasteiger partial charge in [0.2, 0.25) is 0 Å². The summed E-state index contributed by atoms with van der Waals surface area (Å²) >= 11 is 0. The highest BCUT2D eigenvalue weighted by Gasteiger charge is 2.16. The van der Waals surface area contributed by atoms with Gasteiger partial charge in [0.15, 0.2) is 0 Å². The SMILES string of the molecule is CCCCCCCc1oc(=O)c2c(Nc3ccccc3)cccc2c1CCCCCCC. The van der Waals surface area contributed by atoms with Crippen molar-refractivity contribution >= 4 is 22.1 Å². The van der Waals surface area contributed by atoms with Gasteiger partial charge in [-0.25, -0.2) is 4.79 Å². The Kier molecular flexibility index (Phi) is 9.87. The minimum Gasteiger partial charge on any atom is -0.427 e. The average Bonchev–Trinajstić information content (AvgIpc) is 2.81. The second-order valence-electron chi connectivity index (χ2n) is 8.84. The van der Waals surface area contributed by atoms with Crippen LogP contribution in [0.2, 0.25) is 0 Å². The van der Waals surface area contributed by atoms with E-state index >= 15 is 0 Å². The molecule has 0 saturated heterocycles. The minimum absolute atomic E-state index is 0.225. The molecule has 32 heavy (non-hydrogen) atoms. The van der Waals surface area contributed by atoms with E-state index in [2.05, 4.69) is 31.3 Å². The van der Waals surface area contributed by atoms with Crippen LogP contribution in [-0.2, 0) is 12.8 Å². The molecular formula is C29H39NO2. The highest BCUT2D eigenvalue weighted by molar-refractivity contribution is 5.96. The van der Waals surface area contributed by atoms with Crippen LogP contribution < -0.4 is 10.9 Å². The summed E-state index contributed by atoms with van der Waals surface area (Å²) in [7, 11) is 0. The van der Waals surface area contributed by atoms with Crippen LogP contribution in [0, 0.1) is 0 Å². The maximum atomic E-state index is 13.1. The molecule has 1 aromatic heterocycles. The van der Waals surface area contributed by atoms with E-state index in [9.17, 15) is 4.79 Å². The summed E-state index contributed by atoms with van der Waals surface area (Å²) in [6.45, 7) is 4.48. The Labute approximate surface area is 193 Å². The van der Waals surface area contributed by atoms with Gasteiger partial charge in [-0.2, -0.15) is 0 Å². The Morgan fingerprint density at radius 1 is 0.719 bits per heavy atom. The first kappa shape index (κ1) is 24.1. The molecule has 0 aliphatic rings. The summed E-state index contributed by atoms with van der Waals surface area (Å²) in [5.74, 6) is 0.909. The lowest BCUT2D eigenvalue weighted by molar-refractivity contribution is 0.447. The molecule has 0 fully saturated rings. The van der Waals surface area contributed by atoms with Gasteiger partial charge >= 0.3 is 5.63 Å². The Morgan fingerprint density at radius 3 is 2.06 bits per heavy atom. The van der Waals surface area contributed by atoms with Crippen molar-refractivity contribution in [1.29, 1.82) is 0 Å². The van der Waals surface area contributed by atoms with Crippen molar-refractivity contribution < 1.29 is 4.42 Å². The fourth-order valence-electron chi connectivity index (χ4n) is 4.45. The third kappa shape index (κ3) is 6.72. The Bertz CT molecular complexity index is 1010. The number of nitrogens with one attached hydrogen (secondary N) is 1. The Morgan fingerprint density at radius 2 is 1.38 bits per heavy atom. The van der Waals surface area contributed by atoms with Crippen molar-refractivity contribution in [1.82, 2.24) is 0 Å². The molecule has 0 spiro atoms. The zero-order valence-electron chi connectivity index (χ0n) is 19.9. The molecule has 3 rings (SSSR count). The summed E-state index contributed by atoms with van der Waals surface area (Å²) in [6, 6.07) is 16.1. The van der Waals surface area contributed by atoms with E-state index in [1.807, 2.05) is 36.4 Å². The van der Waals surface area contributed by atoms with Gasteiger partial charge in [-0.3, -0.25) is 0 Å². The van der Waals surface area contributed by atoms with Crippen LogP contribution in [-0.4, -0.2) is 0 Å². The van der Waals surface area contributed by atoms with E-state index in [1.165, 1.54) is 56.9 Å². The summed E-state index contributed by atoms with van der Waals surface area (Å²) in [5.41, 5.74) is 2.81. The molecule has 0 unspecified atom stereocenters. The number of rotatable bonds is 14. The molecule has 0 amide bonds. The monoisotopic (exact) mass is 433 g/mol. The number of aryl methyl sites for hydroxylation is 2. The minimum atomic E-state index is -0.225. The topological polar surface area (TPSA) is 42.2 Å². The second-order valence-corrected chi connectivity index (χ2v) is 8.84. The lowest BCUT2D eigenvalue weighted by atomic mass is 9.96. The molecule has 3 heteroatoms. The van der Waals surface area contributed by atoms with Gasteiger partial charge in [0, 0.05) is 12.1 Å². The lowest BCUT2D eigenvalue weighted by Gasteiger charge is -2.15. The number of unbranched alkanes of at least 4 members (excludes halogenated alkanes) is 8. The van der Waals surface area contributed by atoms with Crippen molar-refractivity contribution in [2.75, 3.05) is 5.32 Å². The first-order valence-corrected chi connectivity index (χ1v) is 12.6. The van der Waals surface area contributed by atoms with Crippen LogP contribution in [0.15, 0.2) is 57.7 Å². The zero-order chi connectivity index (χ0) is 22.6. The molecule has 0 atom stereocenters. The van der Waals surface area contributed by atoms with Gasteiger partial charge in [0.25, 0.3) is 0 Å². The molecule has 0 radical (unpaired) electrons. The third-order valence-corrected chi connectivity index (χ3v) is 6.24. The largest absolute Gasteiger partial charge is 0.427 e. The van der Waals surface area contributed by atoms with E-state index in [1.54, 1.807) is 0 Å². The van der Waals surface area contributed by atoms with E-state index in [-0.39, 0.29) is 5.63 Å². The van der Waals surface area contributed by atoms with Crippen molar-refractivity contribution in [2.45, 2.75) is 90.9 Å². The molecule has 1 N–H and O–H groups in total. The van der Waals surface area contributed by atoms with Crippen LogP contribution in [0.25, 0.3) is 10.8 Å². The molecule has 0 bridgehead atoms. The number of para-hydroxylation sites is 1. The van der Waals surface area contributed by atoms with Gasteiger partial charge in [0.05, 0.1) is 11.1 Å². The number of hydrogen-bond donors (Lipinski definition) is 1. The molecule has 3 nitrogen and oxygen atoms in total. The second kappa shape index (κ2) is 13.1. The normalized spacial score (nSPS) is 11.2. The molecular weight excluding hydrogens is 394 g/mol. The summed E-state index contributed by atoms with van der Waals surface area (Å²) in [6.07, 6.45) is 14.1. The van der Waals surface area contributed by atoms with Crippen LogP contribution in [0.5, 0.6) is 0 Å². The predicted molar refractivity (Wildman–Crippen MR) is 137 cm³/mol. The number of anilines is 2. The van der Waals surface area contributed by atoms with E-state index in [4.69, 9.17) is 4.42 Å². The van der Waals surface area contributed by atoms with Crippen molar-refractivity contribution in [3.8, 4) is 0 Å². The quantitative estimate of drug-likeness (QED) is 0.259. The highest BCUT2D eigenvalue weighted by Crippen LogP contribution is 2.30. The standard InChI is InChI=1S/C29H39NO2/c1-3-5-7-9-14-19-24-25-20-16-21-26(30-23-17-12-11-13-18-23)28(25)29(31)32-27(24)22-15-10-8-6-4-2/h11-13,16-18,20-21,30H,3-10,14-15,19,22H2,1-2H3. The van der Waals surface area contributed by atoms with Crippen LogP contribution in [0.3, 0.4) is 0 Å². The van der Waals surface area contributed by atoms with Crippen molar-refractivity contribution in [2.24, 2.45) is 0 Å². The molecule has 0 saturated carbocycles. The number of benzene rings is 2. The first-order valence-electron chi connectivity index (χ1n) is 12.6. The molecule has 1 heterocycles. The maximum absolute atomic E-state index is 13.1. The van der Waals surface area contributed by atoms with Gasteiger partial charge in [-0.1, -0.05) is 95.5 Å². The number of hydrogen-bond acceptors (Lipinski definition) is 3.